The van der Waals surface area contributed by atoms with Crippen LogP contribution in [0.1, 0.15) is 26.9 Å². The van der Waals surface area contributed by atoms with Crippen LogP contribution >= 0.6 is 0 Å². The van der Waals surface area contributed by atoms with Crippen LogP contribution in [0.5, 0.6) is 6.01 Å². The number of carbonyl (C=O) groups excluding carboxylic acids is 2. The maximum absolute atomic E-state index is 12.7. The number of rotatable bonds is 5. The van der Waals surface area contributed by atoms with Gasteiger partial charge in [-0.05, 0) is 24.3 Å². The van der Waals surface area contributed by atoms with Crippen LogP contribution in [0.2, 0.25) is 0 Å². The normalized spacial score (nSPS) is 23.0. The summed E-state index contributed by atoms with van der Waals surface area (Å²) in [5.41, 5.74) is 0.299. The van der Waals surface area contributed by atoms with Crippen molar-refractivity contribution in [3.05, 3.63) is 94.4 Å². The number of hydrogen-bond donors (Lipinski definition) is 0. The lowest BCUT2D eigenvalue weighted by Crippen LogP contribution is -2.40. The molecule has 5 rings (SSSR count). The highest BCUT2D eigenvalue weighted by molar-refractivity contribution is 5.90. The average molecular weight is 434 g/mol. The Morgan fingerprint density at radius 2 is 1.59 bits per heavy atom. The summed E-state index contributed by atoms with van der Waals surface area (Å²) in [7, 11) is 0. The number of carbonyl (C=O) groups is 2. The Hall–Kier alpha value is -3.98. The predicted molar refractivity (Wildman–Crippen MR) is 109 cm³/mol. The summed E-state index contributed by atoms with van der Waals surface area (Å²) in [6.07, 6.45) is -1.61. The van der Waals surface area contributed by atoms with Crippen LogP contribution in [-0.2, 0) is 14.2 Å². The number of hydrogen-bond acceptors (Lipinski definition) is 8. The zero-order valence-electron chi connectivity index (χ0n) is 16.7. The van der Waals surface area contributed by atoms with Gasteiger partial charge in [0.05, 0.1) is 11.1 Å². The van der Waals surface area contributed by atoms with Crippen LogP contribution in [0.4, 0.5) is 0 Å². The summed E-state index contributed by atoms with van der Waals surface area (Å²) in [5, 5.41) is 0. The monoisotopic (exact) mass is 434 g/mol. The lowest BCUT2D eigenvalue weighted by molar-refractivity contribution is -0.0574. The van der Waals surface area contributed by atoms with E-state index in [-0.39, 0.29) is 12.6 Å². The minimum Gasteiger partial charge on any atom is -0.459 e. The van der Waals surface area contributed by atoms with Gasteiger partial charge in [0.15, 0.2) is 18.4 Å². The van der Waals surface area contributed by atoms with Gasteiger partial charge < -0.3 is 18.9 Å². The highest BCUT2D eigenvalue weighted by atomic mass is 16.7. The van der Waals surface area contributed by atoms with E-state index in [1.54, 1.807) is 65.2 Å². The van der Waals surface area contributed by atoms with Crippen LogP contribution in [0.25, 0.3) is 0 Å². The van der Waals surface area contributed by atoms with Crippen LogP contribution in [0, 0.1) is 0 Å². The van der Waals surface area contributed by atoms with Crippen LogP contribution < -0.4 is 10.3 Å². The molecule has 162 valence electrons. The molecule has 9 nitrogen and oxygen atoms in total. The van der Waals surface area contributed by atoms with Crippen molar-refractivity contribution in [2.75, 3.05) is 6.61 Å². The van der Waals surface area contributed by atoms with Gasteiger partial charge >= 0.3 is 17.9 Å². The molecular weight excluding hydrogens is 416 g/mol. The van der Waals surface area contributed by atoms with Crippen molar-refractivity contribution in [3.63, 3.8) is 0 Å². The molecule has 9 heteroatoms. The average Bonchev–Trinajstić information content (AvgIpc) is 3.34. The van der Waals surface area contributed by atoms with Crippen molar-refractivity contribution in [3.8, 4) is 6.01 Å². The van der Waals surface area contributed by atoms with Gasteiger partial charge in [-0.3, -0.25) is 9.36 Å². The Morgan fingerprint density at radius 3 is 2.28 bits per heavy atom. The van der Waals surface area contributed by atoms with Gasteiger partial charge in [-0.15, -0.1) is 0 Å². The molecule has 0 bridgehead atoms. The molecule has 3 aromatic rings. The molecule has 0 saturated carbocycles. The third-order valence-corrected chi connectivity index (χ3v) is 5.25. The quantitative estimate of drug-likeness (QED) is 0.562. The summed E-state index contributed by atoms with van der Waals surface area (Å²) < 4.78 is 24.5. The summed E-state index contributed by atoms with van der Waals surface area (Å²) in [4.78, 5) is 40.5. The second kappa shape index (κ2) is 8.27. The molecule has 1 saturated heterocycles. The van der Waals surface area contributed by atoms with E-state index in [1.807, 2.05) is 0 Å². The summed E-state index contributed by atoms with van der Waals surface area (Å²) >= 11 is 0. The van der Waals surface area contributed by atoms with Gasteiger partial charge in [0.2, 0.25) is 0 Å². The fourth-order valence-corrected chi connectivity index (χ4v) is 3.71. The summed E-state index contributed by atoms with van der Waals surface area (Å²) in [6, 6.07) is 18.4. The number of esters is 2. The largest absolute Gasteiger partial charge is 0.459 e. The lowest BCUT2D eigenvalue weighted by atomic mass is 10.1. The van der Waals surface area contributed by atoms with Gasteiger partial charge in [0.25, 0.3) is 5.56 Å². The van der Waals surface area contributed by atoms with Crippen molar-refractivity contribution in [2.24, 2.45) is 0 Å². The minimum atomic E-state index is -0.895. The van der Waals surface area contributed by atoms with Gasteiger partial charge in [-0.2, -0.15) is 4.98 Å². The van der Waals surface area contributed by atoms with E-state index in [9.17, 15) is 14.4 Å². The number of ether oxygens (including phenoxy) is 4. The van der Waals surface area contributed by atoms with Crippen LogP contribution in [0.15, 0.2) is 77.7 Å². The molecule has 0 radical (unpaired) electrons. The van der Waals surface area contributed by atoms with Gasteiger partial charge in [-0.1, -0.05) is 36.4 Å². The Labute approximate surface area is 182 Å². The van der Waals surface area contributed by atoms with Gasteiger partial charge in [-0.25, -0.2) is 9.59 Å². The maximum atomic E-state index is 12.7. The molecule has 2 aromatic carbocycles. The van der Waals surface area contributed by atoms with E-state index in [0.717, 1.165) is 0 Å². The first-order chi connectivity index (χ1) is 15.6. The molecule has 32 heavy (non-hydrogen) atoms. The first-order valence-electron chi connectivity index (χ1n) is 10.00. The highest BCUT2D eigenvalue weighted by Gasteiger charge is 2.54. The molecule has 2 aliphatic heterocycles. The van der Waals surface area contributed by atoms with Gasteiger partial charge in [0, 0.05) is 12.3 Å². The van der Waals surface area contributed by atoms with Crippen molar-refractivity contribution in [1.29, 1.82) is 0 Å². The number of benzene rings is 2. The lowest BCUT2D eigenvalue weighted by Gasteiger charge is -2.22. The Morgan fingerprint density at radius 1 is 0.938 bits per heavy atom. The molecular formula is C23H18N2O7. The molecule has 0 amide bonds. The minimum absolute atomic E-state index is 0.0768. The van der Waals surface area contributed by atoms with E-state index in [1.165, 1.54) is 12.3 Å². The third kappa shape index (κ3) is 3.74. The van der Waals surface area contributed by atoms with Crippen molar-refractivity contribution in [1.82, 2.24) is 9.55 Å². The van der Waals surface area contributed by atoms with E-state index in [4.69, 9.17) is 18.9 Å². The van der Waals surface area contributed by atoms with Crippen LogP contribution in [0.3, 0.4) is 0 Å². The topological polar surface area (TPSA) is 106 Å². The molecule has 2 aliphatic rings. The smallest absolute Gasteiger partial charge is 0.338 e. The molecule has 3 heterocycles. The Bertz CT molecular complexity index is 1200. The fourth-order valence-electron chi connectivity index (χ4n) is 3.71. The number of fused-ring (bicyclic) bond motifs is 3. The highest BCUT2D eigenvalue weighted by Crippen LogP contribution is 2.40. The molecule has 0 aliphatic carbocycles. The molecule has 4 atom stereocenters. The Balaban J connectivity index is 1.37. The number of nitrogens with zero attached hydrogens (tertiary/aromatic N) is 2. The van der Waals surface area contributed by atoms with Crippen molar-refractivity contribution >= 4 is 11.9 Å². The SMILES string of the molecule is O=C(OC[C@@H]1O[C@@H]2[C@@H](Oc3nc(=O)ccn32)[C@H]1OC(=O)c1ccccc1)c1ccccc1. The first kappa shape index (κ1) is 20.0. The maximum Gasteiger partial charge on any atom is 0.338 e. The summed E-state index contributed by atoms with van der Waals surface area (Å²) in [5.74, 6) is -1.09. The third-order valence-electron chi connectivity index (χ3n) is 5.25. The summed E-state index contributed by atoms with van der Waals surface area (Å²) in [6.45, 7) is -0.153. The Kier molecular flexibility index (Phi) is 5.16. The molecule has 0 unspecified atom stereocenters. The molecule has 1 aromatic heterocycles. The van der Waals surface area contributed by atoms with Crippen molar-refractivity contribution < 1.29 is 28.5 Å². The predicted octanol–water partition coefficient (Wildman–Crippen LogP) is 1.98. The van der Waals surface area contributed by atoms with E-state index in [0.29, 0.717) is 11.1 Å². The van der Waals surface area contributed by atoms with Crippen LogP contribution in [-0.4, -0.2) is 46.4 Å². The zero-order valence-corrected chi connectivity index (χ0v) is 16.7. The molecule has 0 N–H and O–H groups in total. The van der Waals surface area contributed by atoms with E-state index < -0.39 is 42.0 Å². The fraction of sp³-hybridized carbons (Fsp3) is 0.217. The second-order valence-electron chi connectivity index (χ2n) is 7.30. The first-order valence-corrected chi connectivity index (χ1v) is 10.00. The zero-order chi connectivity index (χ0) is 22.1. The number of aromatic nitrogens is 2. The second-order valence-corrected chi connectivity index (χ2v) is 7.30. The van der Waals surface area contributed by atoms with E-state index >= 15 is 0 Å². The van der Waals surface area contributed by atoms with Crippen molar-refractivity contribution in [2.45, 2.75) is 24.5 Å². The standard InChI is InChI=1S/C23H18N2O7/c26-17-11-12-25-20-19(32-23(25)24-17)18(31-22(28)15-9-5-2-6-10-15)16(30-20)13-29-21(27)14-7-3-1-4-8-14/h1-12,16,18-20H,13H2/t16-,18-,19-,20+/m0/s1. The molecule has 1 fully saturated rings. The van der Waals surface area contributed by atoms with E-state index in [2.05, 4.69) is 4.98 Å². The molecule has 0 spiro atoms. The van der Waals surface area contributed by atoms with Gasteiger partial charge in [0.1, 0.15) is 12.7 Å².